The van der Waals surface area contributed by atoms with Gasteiger partial charge in [-0.1, -0.05) is 24.6 Å². The highest BCUT2D eigenvalue weighted by Crippen LogP contribution is 2.24. The van der Waals surface area contributed by atoms with E-state index in [4.69, 9.17) is 9.15 Å². The third kappa shape index (κ3) is 4.67. The standard InChI is InChI=1S/C22H21FN2O5S/c23-19-10-9-17(13-20(19)31(27,28)25-11-5-2-6-12-25)22(26)30-15-18-14-29-21(24-18)16-7-3-1-4-8-16/h1,3-4,7-10,13-14H,2,5-6,11-12,15H2. The van der Waals surface area contributed by atoms with Crippen molar-refractivity contribution in [3.63, 3.8) is 0 Å². The molecule has 7 nitrogen and oxygen atoms in total. The van der Waals surface area contributed by atoms with E-state index < -0.39 is 26.7 Å². The highest BCUT2D eigenvalue weighted by Gasteiger charge is 2.29. The largest absolute Gasteiger partial charge is 0.455 e. The minimum atomic E-state index is -4.02. The van der Waals surface area contributed by atoms with Gasteiger partial charge in [0, 0.05) is 18.7 Å². The molecule has 3 aromatic rings. The Hall–Kier alpha value is -3.04. The lowest BCUT2D eigenvalue weighted by Crippen LogP contribution is -2.36. The quantitative estimate of drug-likeness (QED) is 0.534. The second-order valence-corrected chi connectivity index (χ2v) is 9.10. The molecule has 0 atom stereocenters. The number of ether oxygens (including phenoxy) is 1. The van der Waals surface area contributed by atoms with Crippen LogP contribution in [0, 0.1) is 5.82 Å². The number of sulfonamides is 1. The lowest BCUT2D eigenvalue weighted by Gasteiger charge is -2.26. The summed E-state index contributed by atoms with van der Waals surface area (Å²) in [5.74, 6) is -1.28. The Balaban J connectivity index is 1.47. The number of oxazole rings is 1. The topological polar surface area (TPSA) is 89.7 Å². The van der Waals surface area contributed by atoms with Crippen molar-refractivity contribution >= 4 is 16.0 Å². The number of halogens is 1. The van der Waals surface area contributed by atoms with Gasteiger partial charge < -0.3 is 9.15 Å². The fraction of sp³-hybridized carbons (Fsp3) is 0.273. The number of piperidine rings is 1. The second kappa shape index (κ2) is 8.99. The Morgan fingerprint density at radius 3 is 2.58 bits per heavy atom. The number of carbonyl (C=O) groups is 1. The maximum Gasteiger partial charge on any atom is 0.338 e. The summed E-state index contributed by atoms with van der Waals surface area (Å²) < 4.78 is 51.8. The molecule has 1 aliphatic heterocycles. The van der Waals surface area contributed by atoms with Crippen LogP contribution in [-0.2, 0) is 21.4 Å². The third-order valence-electron chi connectivity index (χ3n) is 5.02. The van der Waals surface area contributed by atoms with Crippen LogP contribution < -0.4 is 0 Å². The molecule has 162 valence electrons. The van der Waals surface area contributed by atoms with E-state index in [0.29, 0.717) is 24.7 Å². The van der Waals surface area contributed by atoms with Crippen LogP contribution in [0.25, 0.3) is 11.5 Å². The molecular formula is C22H21FN2O5S. The zero-order valence-electron chi connectivity index (χ0n) is 16.7. The monoisotopic (exact) mass is 444 g/mol. The number of esters is 1. The maximum absolute atomic E-state index is 14.3. The Morgan fingerprint density at radius 2 is 1.84 bits per heavy atom. The zero-order valence-corrected chi connectivity index (χ0v) is 17.5. The molecule has 0 amide bonds. The Labute approximate surface area is 179 Å². The number of benzene rings is 2. The van der Waals surface area contributed by atoms with Crippen LogP contribution in [0.4, 0.5) is 4.39 Å². The molecule has 0 saturated carbocycles. The van der Waals surface area contributed by atoms with E-state index in [1.807, 2.05) is 30.3 Å². The van der Waals surface area contributed by atoms with E-state index in [-0.39, 0.29) is 12.2 Å². The second-order valence-electron chi connectivity index (χ2n) is 7.20. The number of nitrogens with zero attached hydrogens (tertiary/aromatic N) is 2. The van der Waals surface area contributed by atoms with E-state index in [0.717, 1.165) is 37.0 Å². The summed E-state index contributed by atoms with van der Waals surface area (Å²) in [7, 11) is -4.02. The lowest BCUT2D eigenvalue weighted by molar-refractivity contribution is 0.0467. The van der Waals surface area contributed by atoms with Gasteiger partial charge in [0.05, 0.1) is 5.56 Å². The van der Waals surface area contributed by atoms with Gasteiger partial charge >= 0.3 is 5.97 Å². The molecule has 1 aromatic heterocycles. The van der Waals surface area contributed by atoms with Crippen molar-refractivity contribution in [3.05, 3.63) is 71.9 Å². The van der Waals surface area contributed by atoms with Gasteiger partial charge in [0.1, 0.15) is 29.3 Å². The lowest BCUT2D eigenvalue weighted by atomic mass is 10.2. The Bertz CT molecular complexity index is 1170. The van der Waals surface area contributed by atoms with Crippen LogP contribution in [0.5, 0.6) is 0 Å². The van der Waals surface area contributed by atoms with E-state index >= 15 is 0 Å². The van der Waals surface area contributed by atoms with Gasteiger partial charge in [0.25, 0.3) is 0 Å². The molecule has 0 spiro atoms. The zero-order chi connectivity index (χ0) is 21.8. The van der Waals surface area contributed by atoms with Crippen molar-refractivity contribution in [3.8, 4) is 11.5 Å². The van der Waals surface area contributed by atoms with Gasteiger partial charge in [0.15, 0.2) is 0 Å². The Morgan fingerprint density at radius 1 is 1.10 bits per heavy atom. The third-order valence-corrected chi connectivity index (χ3v) is 6.94. The minimum Gasteiger partial charge on any atom is -0.455 e. The maximum atomic E-state index is 14.3. The molecule has 9 heteroatoms. The normalized spacial score (nSPS) is 15.0. The molecule has 31 heavy (non-hydrogen) atoms. The van der Waals surface area contributed by atoms with Crippen molar-refractivity contribution in [2.45, 2.75) is 30.8 Å². The van der Waals surface area contributed by atoms with Gasteiger partial charge in [-0.3, -0.25) is 0 Å². The molecule has 0 aliphatic carbocycles. The molecule has 2 aromatic carbocycles. The molecule has 0 bridgehead atoms. The fourth-order valence-electron chi connectivity index (χ4n) is 3.38. The van der Waals surface area contributed by atoms with Crippen LogP contribution in [0.2, 0.25) is 0 Å². The molecule has 2 heterocycles. The molecule has 1 aliphatic rings. The van der Waals surface area contributed by atoms with E-state index in [2.05, 4.69) is 4.98 Å². The SMILES string of the molecule is O=C(OCc1coc(-c2ccccc2)n1)c1ccc(F)c(S(=O)(=O)N2CCCCC2)c1. The van der Waals surface area contributed by atoms with Gasteiger partial charge in [-0.2, -0.15) is 4.31 Å². The first-order valence-electron chi connectivity index (χ1n) is 9.92. The molecule has 0 unspecified atom stereocenters. The van der Waals surface area contributed by atoms with E-state index in [1.165, 1.54) is 16.6 Å². The summed E-state index contributed by atoms with van der Waals surface area (Å²) in [6.45, 7) is 0.513. The molecule has 0 N–H and O–H groups in total. The van der Waals surface area contributed by atoms with E-state index in [1.54, 1.807) is 0 Å². The average molecular weight is 444 g/mol. The number of aromatic nitrogens is 1. The van der Waals surface area contributed by atoms with Crippen LogP contribution in [0.1, 0.15) is 35.3 Å². The highest BCUT2D eigenvalue weighted by atomic mass is 32.2. The summed E-state index contributed by atoms with van der Waals surface area (Å²) in [6, 6.07) is 12.4. The van der Waals surface area contributed by atoms with Crippen LogP contribution in [-0.4, -0.2) is 36.8 Å². The van der Waals surface area contributed by atoms with Gasteiger partial charge in [-0.15, -0.1) is 0 Å². The smallest absolute Gasteiger partial charge is 0.338 e. The summed E-state index contributed by atoms with van der Waals surface area (Å²) in [5.41, 5.74) is 1.13. The molecule has 1 saturated heterocycles. The predicted molar refractivity (Wildman–Crippen MR) is 110 cm³/mol. The number of carbonyl (C=O) groups excluding carboxylic acids is 1. The fourth-order valence-corrected chi connectivity index (χ4v) is 4.99. The van der Waals surface area contributed by atoms with Gasteiger partial charge in [-0.25, -0.2) is 22.6 Å². The van der Waals surface area contributed by atoms with E-state index in [9.17, 15) is 17.6 Å². The predicted octanol–water partition coefficient (Wildman–Crippen LogP) is 4.01. The first-order valence-corrected chi connectivity index (χ1v) is 11.4. The molecule has 4 rings (SSSR count). The van der Waals surface area contributed by atoms with Crippen molar-refractivity contribution in [2.75, 3.05) is 13.1 Å². The average Bonchev–Trinajstić information content (AvgIpc) is 3.28. The van der Waals surface area contributed by atoms with Crippen molar-refractivity contribution < 1.29 is 26.8 Å². The number of hydrogen-bond donors (Lipinski definition) is 0. The van der Waals surface area contributed by atoms with Crippen molar-refractivity contribution in [2.24, 2.45) is 0 Å². The van der Waals surface area contributed by atoms with Crippen LogP contribution in [0.15, 0.2) is 64.1 Å². The molecule has 0 radical (unpaired) electrons. The Kier molecular flexibility index (Phi) is 6.15. The first-order chi connectivity index (χ1) is 14.9. The summed E-state index contributed by atoms with van der Waals surface area (Å²) in [5, 5.41) is 0. The van der Waals surface area contributed by atoms with Crippen molar-refractivity contribution in [1.82, 2.24) is 9.29 Å². The highest BCUT2D eigenvalue weighted by molar-refractivity contribution is 7.89. The number of hydrogen-bond acceptors (Lipinski definition) is 6. The van der Waals surface area contributed by atoms with Gasteiger partial charge in [0.2, 0.25) is 15.9 Å². The number of rotatable bonds is 6. The molecular weight excluding hydrogens is 423 g/mol. The van der Waals surface area contributed by atoms with Crippen LogP contribution in [0.3, 0.4) is 0 Å². The van der Waals surface area contributed by atoms with Gasteiger partial charge in [-0.05, 0) is 43.2 Å². The molecule has 1 fully saturated rings. The summed E-state index contributed by atoms with van der Waals surface area (Å²) in [4.78, 5) is 16.2. The first kappa shape index (κ1) is 21.2. The summed E-state index contributed by atoms with van der Waals surface area (Å²) >= 11 is 0. The summed E-state index contributed by atoms with van der Waals surface area (Å²) in [6.07, 6.45) is 3.78. The van der Waals surface area contributed by atoms with Crippen LogP contribution >= 0.6 is 0 Å². The minimum absolute atomic E-state index is 0.0521. The van der Waals surface area contributed by atoms with Crippen molar-refractivity contribution in [1.29, 1.82) is 0 Å².